The average molecular weight is 390 g/mol. The Morgan fingerprint density at radius 1 is 1.20 bits per heavy atom. The van der Waals surface area contributed by atoms with Crippen molar-refractivity contribution in [3.05, 3.63) is 35.2 Å². The number of hydrogen-bond donors (Lipinski definition) is 1. The Labute approximate surface area is 159 Å². The number of thiophene rings is 1. The molecular weight excluding hydrogens is 370 g/mol. The van der Waals surface area contributed by atoms with E-state index in [1.54, 1.807) is 23.1 Å². The summed E-state index contributed by atoms with van der Waals surface area (Å²) in [6, 6.07) is 9.82. The molecule has 7 heteroatoms. The Balaban J connectivity index is 1.51. The number of aromatic nitrogens is 1. The predicted molar refractivity (Wildman–Crippen MR) is 110 cm³/mol. The lowest BCUT2D eigenvalue weighted by Crippen LogP contribution is -2.29. The molecule has 0 radical (unpaired) electrons. The number of thiazole rings is 1. The van der Waals surface area contributed by atoms with E-state index in [4.69, 9.17) is 4.98 Å². The van der Waals surface area contributed by atoms with Crippen molar-refractivity contribution in [2.45, 2.75) is 24.2 Å². The summed E-state index contributed by atoms with van der Waals surface area (Å²) < 4.78 is 1.13. The van der Waals surface area contributed by atoms with E-state index in [1.807, 2.05) is 36.6 Å². The fourth-order valence-corrected chi connectivity index (χ4v) is 5.62. The van der Waals surface area contributed by atoms with Crippen LogP contribution in [0.2, 0.25) is 0 Å². The molecule has 3 heterocycles. The first-order chi connectivity index (χ1) is 12.2. The van der Waals surface area contributed by atoms with Crippen molar-refractivity contribution in [1.82, 2.24) is 4.98 Å². The van der Waals surface area contributed by atoms with Crippen LogP contribution in [-0.4, -0.2) is 30.2 Å². The molecule has 0 atom stereocenters. The molecule has 1 fully saturated rings. The molecule has 1 aromatic carbocycles. The molecule has 0 unspecified atom stereocenters. The third-order valence-corrected chi connectivity index (χ3v) is 7.33. The van der Waals surface area contributed by atoms with Crippen molar-refractivity contribution in [1.29, 1.82) is 0 Å². The van der Waals surface area contributed by atoms with E-state index >= 15 is 0 Å². The molecule has 130 valence electrons. The summed E-state index contributed by atoms with van der Waals surface area (Å²) in [4.78, 5) is 21.5. The first-order valence-electron chi connectivity index (χ1n) is 8.33. The van der Waals surface area contributed by atoms with Crippen molar-refractivity contribution in [2.75, 3.05) is 29.6 Å². The summed E-state index contributed by atoms with van der Waals surface area (Å²) >= 11 is 4.90. The molecule has 4 rings (SSSR count). The molecular formula is C18H19N3OS3. The maximum Gasteiger partial charge on any atom is 0.265 e. The Bertz CT molecular complexity index is 864. The van der Waals surface area contributed by atoms with E-state index < -0.39 is 0 Å². The normalized spacial score (nSPS) is 14.8. The molecule has 1 aliphatic rings. The Hall–Kier alpha value is -1.57. The molecule has 1 amide bonds. The highest BCUT2D eigenvalue weighted by molar-refractivity contribution is 7.98. The third kappa shape index (κ3) is 3.68. The number of amides is 1. The Kier molecular flexibility index (Phi) is 4.96. The van der Waals surface area contributed by atoms with Crippen LogP contribution in [0.5, 0.6) is 0 Å². The molecule has 0 aliphatic carbocycles. The number of hydrogen-bond acceptors (Lipinski definition) is 6. The van der Waals surface area contributed by atoms with Gasteiger partial charge in [0, 0.05) is 23.7 Å². The molecule has 0 saturated carbocycles. The van der Waals surface area contributed by atoms with Crippen molar-refractivity contribution in [2.24, 2.45) is 0 Å². The SMILES string of the molecule is CSc1cccc(NC(=O)c2cc3nc(N4CCCCC4)sc3s2)c1. The van der Waals surface area contributed by atoms with Gasteiger partial charge in [-0.3, -0.25) is 4.79 Å². The summed E-state index contributed by atoms with van der Waals surface area (Å²) in [6.07, 6.45) is 5.84. The first-order valence-corrected chi connectivity index (χ1v) is 11.2. The number of rotatable bonds is 4. The van der Waals surface area contributed by atoms with Gasteiger partial charge in [-0.1, -0.05) is 17.4 Å². The van der Waals surface area contributed by atoms with Gasteiger partial charge in [-0.25, -0.2) is 4.98 Å². The van der Waals surface area contributed by atoms with Crippen molar-refractivity contribution < 1.29 is 4.79 Å². The predicted octanol–water partition coefficient (Wildman–Crippen LogP) is 5.32. The number of thioether (sulfide) groups is 1. The van der Waals surface area contributed by atoms with Gasteiger partial charge in [-0.2, -0.15) is 0 Å². The monoisotopic (exact) mass is 389 g/mol. The minimum absolute atomic E-state index is 0.0621. The number of anilines is 2. The summed E-state index contributed by atoms with van der Waals surface area (Å²) in [5.41, 5.74) is 1.77. The van der Waals surface area contributed by atoms with E-state index in [2.05, 4.69) is 10.2 Å². The highest BCUT2D eigenvalue weighted by Gasteiger charge is 2.18. The lowest BCUT2D eigenvalue weighted by atomic mass is 10.1. The third-order valence-electron chi connectivity index (χ3n) is 4.26. The minimum Gasteiger partial charge on any atom is -0.348 e. The quantitative estimate of drug-likeness (QED) is 0.613. The number of benzene rings is 1. The molecule has 0 bridgehead atoms. The second-order valence-corrected chi connectivity index (χ2v) is 9.18. The number of piperidine rings is 1. The van der Waals surface area contributed by atoms with Crippen molar-refractivity contribution in [3.63, 3.8) is 0 Å². The zero-order valence-corrected chi connectivity index (χ0v) is 16.4. The molecule has 4 nitrogen and oxygen atoms in total. The number of carbonyl (C=O) groups is 1. The maximum absolute atomic E-state index is 12.5. The fraction of sp³-hybridized carbons (Fsp3) is 0.333. The lowest BCUT2D eigenvalue weighted by Gasteiger charge is -2.25. The van der Waals surface area contributed by atoms with Gasteiger partial charge in [0.1, 0.15) is 4.01 Å². The Morgan fingerprint density at radius 2 is 2.04 bits per heavy atom. The zero-order chi connectivity index (χ0) is 17.2. The summed E-state index contributed by atoms with van der Waals surface area (Å²) in [6.45, 7) is 2.19. The molecule has 1 aliphatic heterocycles. The van der Waals surface area contributed by atoms with Gasteiger partial charge in [0.25, 0.3) is 5.91 Å². The molecule has 3 aromatic rings. The van der Waals surface area contributed by atoms with Gasteiger partial charge in [-0.05, 0) is 49.8 Å². The van der Waals surface area contributed by atoms with Crippen LogP contribution < -0.4 is 10.2 Å². The van der Waals surface area contributed by atoms with Gasteiger partial charge < -0.3 is 10.2 Å². The molecule has 25 heavy (non-hydrogen) atoms. The van der Waals surface area contributed by atoms with Crippen molar-refractivity contribution >= 4 is 60.7 Å². The minimum atomic E-state index is -0.0621. The van der Waals surface area contributed by atoms with Gasteiger partial charge in [0.05, 0.1) is 10.4 Å². The van der Waals surface area contributed by atoms with Gasteiger partial charge in [0.15, 0.2) is 5.13 Å². The molecule has 2 aromatic heterocycles. The van der Waals surface area contributed by atoms with Crippen LogP contribution in [0.25, 0.3) is 9.53 Å². The standard InChI is InChI=1S/C18H19N3OS3/c1-23-13-7-5-6-12(10-13)19-16(22)15-11-14-17(24-15)25-18(20-14)21-8-3-2-4-9-21/h5-7,10-11H,2-4,8-9H2,1H3,(H,19,22). The second kappa shape index (κ2) is 7.35. The average Bonchev–Trinajstić information content (AvgIpc) is 3.22. The van der Waals surface area contributed by atoms with Gasteiger partial charge >= 0.3 is 0 Å². The number of nitrogens with one attached hydrogen (secondary N) is 1. The van der Waals surface area contributed by atoms with Crippen molar-refractivity contribution in [3.8, 4) is 0 Å². The summed E-state index contributed by atoms with van der Waals surface area (Å²) in [5.74, 6) is -0.0621. The number of nitrogens with zero attached hydrogens (tertiary/aromatic N) is 2. The smallest absolute Gasteiger partial charge is 0.265 e. The van der Waals surface area contributed by atoms with Crippen LogP contribution in [0.3, 0.4) is 0 Å². The summed E-state index contributed by atoms with van der Waals surface area (Å²) in [7, 11) is 0. The van der Waals surface area contributed by atoms with E-state index in [0.29, 0.717) is 4.88 Å². The van der Waals surface area contributed by atoms with Crippen LogP contribution in [-0.2, 0) is 0 Å². The molecule has 1 N–H and O–H groups in total. The Morgan fingerprint density at radius 3 is 2.80 bits per heavy atom. The van der Waals surface area contributed by atoms with E-state index in [9.17, 15) is 4.79 Å². The van der Waals surface area contributed by atoms with Gasteiger partial charge in [0.2, 0.25) is 0 Å². The van der Waals surface area contributed by atoms with Crippen LogP contribution >= 0.6 is 34.4 Å². The van der Waals surface area contributed by atoms with Crippen LogP contribution in [0, 0.1) is 0 Å². The van der Waals surface area contributed by atoms with Gasteiger partial charge in [-0.15, -0.1) is 23.1 Å². The first kappa shape index (κ1) is 16.9. The number of fused-ring (bicyclic) bond motifs is 1. The second-order valence-electron chi connectivity index (χ2n) is 6.01. The highest BCUT2D eigenvalue weighted by atomic mass is 32.2. The largest absolute Gasteiger partial charge is 0.348 e. The molecule has 0 spiro atoms. The van der Waals surface area contributed by atoms with E-state index in [0.717, 1.165) is 38.3 Å². The van der Waals surface area contributed by atoms with Crippen LogP contribution in [0.15, 0.2) is 35.2 Å². The van der Waals surface area contributed by atoms with Crippen LogP contribution in [0.4, 0.5) is 10.8 Å². The fourth-order valence-electron chi connectivity index (χ4n) is 2.95. The topological polar surface area (TPSA) is 45.2 Å². The van der Waals surface area contributed by atoms with E-state index in [-0.39, 0.29) is 5.91 Å². The summed E-state index contributed by atoms with van der Waals surface area (Å²) in [5, 5.41) is 4.08. The highest BCUT2D eigenvalue weighted by Crippen LogP contribution is 2.36. The molecule has 1 saturated heterocycles. The zero-order valence-electron chi connectivity index (χ0n) is 13.9. The van der Waals surface area contributed by atoms with E-state index in [1.165, 1.54) is 30.6 Å². The number of carbonyl (C=O) groups excluding carboxylic acids is 1. The maximum atomic E-state index is 12.5. The lowest BCUT2D eigenvalue weighted by molar-refractivity contribution is 0.103. The van der Waals surface area contributed by atoms with Crippen LogP contribution in [0.1, 0.15) is 28.9 Å².